The van der Waals surface area contributed by atoms with Gasteiger partial charge in [0.25, 0.3) is 5.91 Å². The zero-order valence-electron chi connectivity index (χ0n) is 14.2. The first-order valence-electron chi connectivity index (χ1n) is 7.76. The molecule has 1 aromatic heterocycles. The Kier molecular flexibility index (Phi) is 6.30. The summed E-state index contributed by atoms with van der Waals surface area (Å²) in [6.07, 6.45) is 2.90. The lowest BCUT2D eigenvalue weighted by molar-refractivity contribution is 0.0600. The Bertz CT molecular complexity index is 761. The van der Waals surface area contributed by atoms with Gasteiger partial charge in [0.1, 0.15) is 0 Å². The molecule has 1 heterocycles. The molecule has 0 aliphatic heterocycles. The Morgan fingerprint density at radius 1 is 1.16 bits per heavy atom. The molecule has 0 fully saturated rings. The van der Waals surface area contributed by atoms with E-state index in [0.717, 1.165) is 13.1 Å². The number of carbonyl (C=O) groups excluding carboxylic acids is 2. The maximum atomic E-state index is 12.4. The molecule has 1 N–H and O–H groups in total. The van der Waals surface area contributed by atoms with Gasteiger partial charge in [-0.3, -0.25) is 4.79 Å². The molecule has 25 heavy (non-hydrogen) atoms. The van der Waals surface area contributed by atoms with Crippen LogP contribution in [0.25, 0.3) is 0 Å². The van der Waals surface area contributed by atoms with Crippen LogP contribution in [0.3, 0.4) is 0 Å². The average molecular weight is 363 g/mol. The van der Waals surface area contributed by atoms with Crippen LogP contribution in [-0.4, -0.2) is 42.0 Å². The quantitative estimate of drug-likeness (QED) is 0.795. The molecule has 0 aliphatic rings. The van der Waals surface area contributed by atoms with E-state index in [9.17, 15) is 9.59 Å². The number of carbonyl (C=O) groups is 2. The summed E-state index contributed by atoms with van der Waals surface area (Å²) < 4.78 is 4.66. The SMILES string of the molecule is CCN(CC)c1ncc(C(=O)Nc2cc(C(=O)OC)ccc2Cl)cn1. The number of amides is 1. The van der Waals surface area contributed by atoms with Gasteiger partial charge in [0.2, 0.25) is 5.95 Å². The van der Waals surface area contributed by atoms with Crippen LogP contribution in [0.2, 0.25) is 5.02 Å². The molecular weight excluding hydrogens is 344 g/mol. The fourth-order valence-corrected chi connectivity index (χ4v) is 2.33. The number of rotatable bonds is 6. The van der Waals surface area contributed by atoms with Gasteiger partial charge in [-0.2, -0.15) is 0 Å². The van der Waals surface area contributed by atoms with Gasteiger partial charge < -0.3 is 15.0 Å². The van der Waals surface area contributed by atoms with Gasteiger partial charge in [-0.25, -0.2) is 14.8 Å². The fraction of sp³-hybridized carbons (Fsp3) is 0.294. The summed E-state index contributed by atoms with van der Waals surface area (Å²) in [6, 6.07) is 4.49. The van der Waals surface area contributed by atoms with Crippen molar-refractivity contribution in [2.45, 2.75) is 13.8 Å². The molecule has 132 valence electrons. The van der Waals surface area contributed by atoms with E-state index in [1.54, 1.807) is 0 Å². The summed E-state index contributed by atoms with van der Waals surface area (Å²) in [5.41, 5.74) is 0.883. The molecule has 8 heteroatoms. The van der Waals surface area contributed by atoms with Crippen molar-refractivity contribution in [2.24, 2.45) is 0 Å². The Morgan fingerprint density at radius 2 is 1.80 bits per heavy atom. The summed E-state index contributed by atoms with van der Waals surface area (Å²) in [5.74, 6) is -0.374. The zero-order chi connectivity index (χ0) is 18.4. The molecule has 0 aliphatic carbocycles. The number of hydrogen-bond acceptors (Lipinski definition) is 6. The highest BCUT2D eigenvalue weighted by Crippen LogP contribution is 2.24. The van der Waals surface area contributed by atoms with Crippen molar-refractivity contribution < 1.29 is 14.3 Å². The lowest BCUT2D eigenvalue weighted by Crippen LogP contribution is -2.24. The van der Waals surface area contributed by atoms with Crippen molar-refractivity contribution in [3.63, 3.8) is 0 Å². The minimum absolute atomic E-state index is 0.287. The van der Waals surface area contributed by atoms with Gasteiger partial charge >= 0.3 is 5.97 Å². The molecule has 0 atom stereocenters. The van der Waals surface area contributed by atoms with Crippen molar-refractivity contribution in [3.8, 4) is 0 Å². The Hall–Kier alpha value is -2.67. The van der Waals surface area contributed by atoms with Crippen LogP contribution >= 0.6 is 11.6 Å². The highest BCUT2D eigenvalue weighted by atomic mass is 35.5. The van der Waals surface area contributed by atoms with E-state index in [1.807, 2.05) is 18.7 Å². The van der Waals surface area contributed by atoms with Crippen molar-refractivity contribution in [2.75, 3.05) is 30.4 Å². The summed E-state index contributed by atoms with van der Waals surface area (Å²) in [6.45, 7) is 5.56. The number of esters is 1. The zero-order valence-corrected chi connectivity index (χ0v) is 15.0. The molecule has 2 rings (SSSR count). The molecule has 1 aromatic carbocycles. The lowest BCUT2D eigenvalue weighted by atomic mass is 10.2. The van der Waals surface area contributed by atoms with Crippen LogP contribution in [0.1, 0.15) is 34.6 Å². The van der Waals surface area contributed by atoms with Gasteiger partial charge in [-0.1, -0.05) is 11.6 Å². The molecule has 0 unspecified atom stereocenters. The molecule has 2 aromatic rings. The molecule has 0 bridgehead atoms. The number of hydrogen-bond donors (Lipinski definition) is 1. The minimum atomic E-state index is -0.515. The van der Waals surface area contributed by atoms with E-state index in [1.165, 1.54) is 37.7 Å². The summed E-state index contributed by atoms with van der Waals surface area (Å²) >= 11 is 6.08. The third kappa shape index (κ3) is 4.45. The van der Waals surface area contributed by atoms with Crippen LogP contribution < -0.4 is 10.2 Å². The minimum Gasteiger partial charge on any atom is -0.465 e. The summed E-state index contributed by atoms with van der Waals surface area (Å²) in [7, 11) is 1.28. The Morgan fingerprint density at radius 3 is 2.36 bits per heavy atom. The van der Waals surface area contributed by atoms with E-state index in [-0.39, 0.29) is 11.1 Å². The van der Waals surface area contributed by atoms with E-state index in [2.05, 4.69) is 20.0 Å². The first kappa shape index (κ1) is 18.7. The number of nitrogens with one attached hydrogen (secondary N) is 1. The molecule has 0 spiro atoms. The number of aromatic nitrogens is 2. The fourth-order valence-electron chi connectivity index (χ4n) is 2.17. The monoisotopic (exact) mass is 362 g/mol. The summed E-state index contributed by atoms with van der Waals surface area (Å²) in [4.78, 5) is 34.3. The third-order valence-corrected chi connectivity index (χ3v) is 3.91. The van der Waals surface area contributed by atoms with Gasteiger partial charge in [0.05, 0.1) is 28.9 Å². The molecule has 0 saturated carbocycles. The van der Waals surface area contributed by atoms with E-state index in [0.29, 0.717) is 16.7 Å². The van der Waals surface area contributed by atoms with Crippen LogP contribution in [-0.2, 0) is 4.74 Å². The lowest BCUT2D eigenvalue weighted by Gasteiger charge is -2.18. The maximum Gasteiger partial charge on any atom is 0.337 e. The van der Waals surface area contributed by atoms with Crippen LogP contribution in [0, 0.1) is 0 Å². The number of nitrogens with zero attached hydrogens (tertiary/aromatic N) is 3. The van der Waals surface area contributed by atoms with Crippen molar-refractivity contribution in [1.82, 2.24) is 9.97 Å². The van der Waals surface area contributed by atoms with Crippen LogP contribution in [0.15, 0.2) is 30.6 Å². The smallest absolute Gasteiger partial charge is 0.337 e. The van der Waals surface area contributed by atoms with Gasteiger partial charge in [0, 0.05) is 25.5 Å². The van der Waals surface area contributed by atoms with Crippen molar-refractivity contribution in [3.05, 3.63) is 46.7 Å². The van der Waals surface area contributed by atoms with E-state index < -0.39 is 11.9 Å². The molecule has 7 nitrogen and oxygen atoms in total. The maximum absolute atomic E-state index is 12.4. The van der Waals surface area contributed by atoms with Crippen LogP contribution in [0.4, 0.5) is 11.6 Å². The molecule has 0 saturated heterocycles. The van der Waals surface area contributed by atoms with Crippen molar-refractivity contribution >= 4 is 35.1 Å². The second kappa shape index (κ2) is 8.43. The van der Waals surface area contributed by atoms with E-state index >= 15 is 0 Å². The highest BCUT2D eigenvalue weighted by molar-refractivity contribution is 6.34. The van der Waals surface area contributed by atoms with Gasteiger partial charge in [0.15, 0.2) is 0 Å². The number of benzene rings is 1. The Labute approximate surface area is 151 Å². The average Bonchev–Trinajstić information content (AvgIpc) is 2.64. The predicted molar refractivity (Wildman–Crippen MR) is 96.3 cm³/mol. The predicted octanol–water partition coefficient (Wildman–Crippen LogP) is 3.02. The van der Waals surface area contributed by atoms with Crippen LogP contribution in [0.5, 0.6) is 0 Å². The Balaban J connectivity index is 2.18. The largest absolute Gasteiger partial charge is 0.465 e. The molecule has 0 radical (unpaired) electrons. The normalized spacial score (nSPS) is 10.2. The number of anilines is 2. The van der Waals surface area contributed by atoms with E-state index in [4.69, 9.17) is 11.6 Å². The first-order chi connectivity index (χ1) is 12.0. The van der Waals surface area contributed by atoms with Gasteiger partial charge in [-0.15, -0.1) is 0 Å². The number of ether oxygens (including phenoxy) is 1. The number of methoxy groups -OCH3 is 1. The second-order valence-corrected chi connectivity index (χ2v) is 5.49. The topological polar surface area (TPSA) is 84.4 Å². The molecular formula is C17H19ClN4O3. The van der Waals surface area contributed by atoms with Crippen molar-refractivity contribution in [1.29, 1.82) is 0 Å². The highest BCUT2D eigenvalue weighted by Gasteiger charge is 2.14. The second-order valence-electron chi connectivity index (χ2n) is 5.08. The molecule has 1 amide bonds. The third-order valence-electron chi connectivity index (χ3n) is 3.58. The first-order valence-corrected chi connectivity index (χ1v) is 8.14. The van der Waals surface area contributed by atoms with Gasteiger partial charge in [-0.05, 0) is 32.0 Å². The summed E-state index contributed by atoms with van der Waals surface area (Å²) in [5, 5.41) is 2.96. The number of halogens is 1. The standard InChI is InChI=1S/C17H19ClN4O3/c1-4-22(5-2)17-19-9-12(10-20-17)15(23)21-14-8-11(16(24)25-3)6-7-13(14)18/h6-10H,4-5H2,1-3H3,(H,21,23).